The van der Waals surface area contributed by atoms with Gasteiger partial charge in [-0.25, -0.2) is 0 Å². The lowest BCUT2D eigenvalue weighted by molar-refractivity contribution is -0.120. The highest BCUT2D eigenvalue weighted by Gasteiger charge is 2.29. The number of carbonyl (C=O) groups excluding carboxylic acids is 1. The van der Waals surface area contributed by atoms with Crippen LogP contribution in [-0.4, -0.2) is 11.7 Å². The van der Waals surface area contributed by atoms with Crippen LogP contribution in [0.15, 0.2) is 65.2 Å². The number of nitrogens with one attached hydrogen (secondary N) is 1. The third kappa shape index (κ3) is 4.27. The van der Waals surface area contributed by atoms with Gasteiger partial charge in [0.25, 0.3) is 0 Å². The maximum Gasteiger partial charge on any atom is 0.225 e. The molecule has 2 aromatic carbocycles. The number of hydrogen-bond donors (Lipinski definition) is 1. The summed E-state index contributed by atoms with van der Waals surface area (Å²) in [5.41, 5.74) is 2.70. The van der Waals surface area contributed by atoms with Crippen molar-refractivity contribution in [2.75, 3.05) is 5.75 Å². The fraction of sp³-hybridized carbons (Fsp3) is 0.238. The van der Waals surface area contributed by atoms with Crippen LogP contribution in [0.5, 0.6) is 5.75 Å². The van der Waals surface area contributed by atoms with Gasteiger partial charge in [-0.1, -0.05) is 49.4 Å². The number of carbonyl (C=O) groups is 1. The molecule has 0 radical (unpaired) electrons. The Morgan fingerprint density at radius 2 is 1.92 bits per heavy atom. The molecule has 2 aromatic rings. The zero-order chi connectivity index (χ0) is 18.4. The second kappa shape index (κ2) is 8.59. The molecular formula is C21H20N2O2S. The predicted molar refractivity (Wildman–Crippen MR) is 103 cm³/mol. The van der Waals surface area contributed by atoms with Crippen molar-refractivity contribution in [1.82, 2.24) is 5.32 Å². The molecule has 26 heavy (non-hydrogen) atoms. The molecule has 5 heteroatoms. The van der Waals surface area contributed by atoms with Gasteiger partial charge in [-0.2, -0.15) is 5.26 Å². The van der Waals surface area contributed by atoms with Gasteiger partial charge in [0.15, 0.2) is 0 Å². The van der Waals surface area contributed by atoms with Crippen molar-refractivity contribution >= 4 is 17.7 Å². The van der Waals surface area contributed by atoms with Gasteiger partial charge in [0, 0.05) is 12.3 Å². The SMILES string of the molecule is CCSC1=C(C#N)C(c2ccc(OCc3ccccc3)cc2)CC(=O)N1. The first-order valence-corrected chi connectivity index (χ1v) is 9.53. The van der Waals surface area contributed by atoms with E-state index < -0.39 is 0 Å². The second-order valence-corrected chi connectivity index (χ2v) is 7.21. The molecule has 0 aromatic heterocycles. The van der Waals surface area contributed by atoms with Crippen LogP contribution in [0.25, 0.3) is 0 Å². The monoisotopic (exact) mass is 364 g/mol. The molecule has 0 fully saturated rings. The van der Waals surface area contributed by atoms with Gasteiger partial charge in [0.05, 0.1) is 16.7 Å². The quantitative estimate of drug-likeness (QED) is 0.827. The molecule has 0 bridgehead atoms. The average molecular weight is 364 g/mol. The second-order valence-electron chi connectivity index (χ2n) is 5.94. The average Bonchev–Trinajstić information content (AvgIpc) is 2.67. The molecule has 3 rings (SSSR count). The number of hydrogen-bond acceptors (Lipinski definition) is 4. The third-order valence-electron chi connectivity index (χ3n) is 4.18. The van der Waals surface area contributed by atoms with Crippen LogP contribution in [0, 0.1) is 11.3 Å². The number of nitriles is 1. The summed E-state index contributed by atoms with van der Waals surface area (Å²) in [6, 6.07) is 19.9. The number of ether oxygens (including phenoxy) is 1. The molecule has 0 saturated carbocycles. The van der Waals surface area contributed by atoms with Crippen LogP contribution >= 0.6 is 11.8 Å². The molecule has 1 atom stereocenters. The Hall–Kier alpha value is -2.71. The van der Waals surface area contributed by atoms with Gasteiger partial charge in [-0.05, 0) is 29.0 Å². The normalized spacial score (nSPS) is 16.8. The lowest BCUT2D eigenvalue weighted by Gasteiger charge is -2.25. The molecule has 1 aliphatic heterocycles. The third-order valence-corrected chi connectivity index (χ3v) is 5.07. The number of rotatable bonds is 6. The molecule has 0 saturated heterocycles. The van der Waals surface area contributed by atoms with E-state index in [-0.39, 0.29) is 11.8 Å². The molecule has 0 aliphatic carbocycles. The topological polar surface area (TPSA) is 62.1 Å². The van der Waals surface area contributed by atoms with E-state index in [1.807, 2.05) is 61.5 Å². The molecule has 4 nitrogen and oxygen atoms in total. The zero-order valence-electron chi connectivity index (χ0n) is 14.6. The Balaban J connectivity index is 1.75. The van der Waals surface area contributed by atoms with Crippen molar-refractivity contribution in [2.24, 2.45) is 0 Å². The Labute approximate surface area is 157 Å². The van der Waals surface area contributed by atoms with Crippen LogP contribution < -0.4 is 10.1 Å². The van der Waals surface area contributed by atoms with Crippen LogP contribution in [0.4, 0.5) is 0 Å². The van der Waals surface area contributed by atoms with E-state index in [1.165, 1.54) is 11.8 Å². The van der Waals surface area contributed by atoms with Crippen molar-refractivity contribution in [3.8, 4) is 11.8 Å². The molecule has 1 unspecified atom stereocenters. The highest BCUT2D eigenvalue weighted by atomic mass is 32.2. The summed E-state index contributed by atoms with van der Waals surface area (Å²) in [7, 11) is 0. The van der Waals surface area contributed by atoms with E-state index in [1.54, 1.807) is 0 Å². The first-order valence-electron chi connectivity index (χ1n) is 8.55. The van der Waals surface area contributed by atoms with Gasteiger partial charge in [0.2, 0.25) is 5.91 Å². The minimum atomic E-state index is -0.203. The molecule has 1 heterocycles. The van der Waals surface area contributed by atoms with E-state index in [0.29, 0.717) is 23.6 Å². The highest BCUT2D eigenvalue weighted by molar-refractivity contribution is 8.03. The van der Waals surface area contributed by atoms with Crippen molar-refractivity contribution < 1.29 is 9.53 Å². The van der Waals surface area contributed by atoms with Crippen LogP contribution in [0.2, 0.25) is 0 Å². The lowest BCUT2D eigenvalue weighted by Crippen LogP contribution is -2.30. The summed E-state index contributed by atoms with van der Waals surface area (Å²) >= 11 is 1.50. The number of benzene rings is 2. The van der Waals surface area contributed by atoms with E-state index in [4.69, 9.17) is 4.74 Å². The van der Waals surface area contributed by atoms with Crippen molar-refractivity contribution in [3.05, 3.63) is 76.3 Å². The summed E-state index contributed by atoms with van der Waals surface area (Å²) in [4.78, 5) is 12.0. The fourth-order valence-electron chi connectivity index (χ4n) is 2.90. The summed E-state index contributed by atoms with van der Waals surface area (Å²) in [6.45, 7) is 2.51. The summed E-state index contributed by atoms with van der Waals surface area (Å²) in [6.07, 6.45) is 0.293. The number of amides is 1. The number of thioether (sulfide) groups is 1. The van der Waals surface area contributed by atoms with Crippen molar-refractivity contribution in [3.63, 3.8) is 0 Å². The smallest absolute Gasteiger partial charge is 0.225 e. The predicted octanol–water partition coefficient (Wildman–Crippen LogP) is 4.36. The maximum absolute atomic E-state index is 12.0. The van der Waals surface area contributed by atoms with Gasteiger partial charge in [-0.15, -0.1) is 11.8 Å². The summed E-state index contributed by atoms with van der Waals surface area (Å²) in [5.74, 6) is 1.32. The Bertz CT molecular complexity index is 839. The van der Waals surface area contributed by atoms with Gasteiger partial charge >= 0.3 is 0 Å². The molecule has 0 spiro atoms. The largest absolute Gasteiger partial charge is 0.489 e. The Morgan fingerprint density at radius 3 is 2.58 bits per heavy atom. The molecule has 1 amide bonds. The molecule has 1 aliphatic rings. The van der Waals surface area contributed by atoms with Gasteiger partial charge < -0.3 is 10.1 Å². The van der Waals surface area contributed by atoms with E-state index >= 15 is 0 Å². The Morgan fingerprint density at radius 1 is 1.19 bits per heavy atom. The van der Waals surface area contributed by atoms with E-state index in [0.717, 1.165) is 22.6 Å². The molecular weight excluding hydrogens is 344 g/mol. The van der Waals surface area contributed by atoms with Gasteiger partial charge in [-0.3, -0.25) is 4.79 Å². The minimum absolute atomic E-state index is 0.0469. The van der Waals surface area contributed by atoms with Gasteiger partial charge in [0.1, 0.15) is 12.4 Å². The van der Waals surface area contributed by atoms with E-state index in [2.05, 4.69) is 11.4 Å². The fourth-order valence-corrected chi connectivity index (χ4v) is 3.72. The molecule has 1 N–H and O–H groups in total. The van der Waals surface area contributed by atoms with Crippen molar-refractivity contribution in [2.45, 2.75) is 25.9 Å². The molecule has 132 valence electrons. The summed E-state index contributed by atoms with van der Waals surface area (Å²) in [5, 5.41) is 13.1. The zero-order valence-corrected chi connectivity index (χ0v) is 15.4. The highest BCUT2D eigenvalue weighted by Crippen LogP contribution is 2.36. The van der Waals surface area contributed by atoms with E-state index in [9.17, 15) is 10.1 Å². The number of allylic oxidation sites excluding steroid dienone is 1. The first-order chi connectivity index (χ1) is 12.7. The maximum atomic E-state index is 12.0. The van der Waals surface area contributed by atoms with Crippen LogP contribution in [0.3, 0.4) is 0 Å². The number of nitrogens with zero attached hydrogens (tertiary/aromatic N) is 1. The lowest BCUT2D eigenvalue weighted by atomic mass is 9.87. The van der Waals surface area contributed by atoms with Crippen LogP contribution in [-0.2, 0) is 11.4 Å². The minimum Gasteiger partial charge on any atom is -0.489 e. The summed E-state index contributed by atoms with van der Waals surface area (Å²) < 4.78 is 5.81. The first kappa shape index (κ1) is 18.1. The Kier molecular flexibility index (Phi) is 5.98. The van der Waals surface area contributed by atoms with Crippen molar-refractivity contribution in [1.29, 1.82) is 5.26 Å². The standard InChI is InChI=1S/C21H20N2O2S/c1-2-26-21-19(13-22)18(12-20(24)23-21)16-8-10-17(11-9-16)25-14-15-6-4-3-5-7-15/h3-11,18H,2,12,14H2,1H3,(H,23,24). The van der Waals surface area contributed by atoms with Crippen LogP contribution in [0.1, 0.15) is 30.4 Å².